The van der Waals surface area contributed by atoms with Crippen LogP contribution in [-0.2, 0) is 5.41 Å². The van der Waals surface area contributed by atoms with Crippen LogP contribution < -0.4 is 4.31 Å². The molecule has 0 heterocycles. The zero-order chi connectivity index (χ0) is 10.8. The lowest BCUT2D eigenvalue weighted by Gasteiger charge is -2.22. The Morgan fingerprint density at radius 3 is 2.36 bits per heavy atom. The zero-order valence-corrected chi connectivity index (χ0v) is 10.5. The Kier molecular flexibility index (Phi) is 3.48. The van der Waals surface area contributed by atoms with Crippen LogP contribution in [-0.4, -0.2) is 13.3 Å². The summed E-state index contributed by atoms with van der Waals surface area (Å²) in [6.07, 6.45) is 2.09. The van der Waals surface area contributed by atoms with Gasteiger partial charge in [-0.1, -0.05) is 44.9 Å². The molecule has 0 aliphatic rings. The molecule has 2 heteroatoms. The molecule has 0 aliphatic carbocycles. The first-order valence-corrected chi connectivity index (χ1v) is 6.01. The fourth-order valence-electron chi connectivity index (χ4n) is 1.27. The van der Waals surface area contributed by atoms with Crippen molar-refractivity contribution in [2.45, 2.75) is 26.2 Å². The van der Waals surface area contributed by atoms with Crippen molar-refractivity contribution in [1.82, 2.24) is 0 Å². The summed E-state index contributed by atoms with van der Waals surface area (Å²) in [7, 11) is 2.09. The van der Waals surface area contributed by atoms with E-state index in [4.69, 9.17) is 0 Å². The molecule has 1 nitrogen and oxygen atoms in total. The van der Waals surface area contributed by atoms with E-state index >= 15 is 0 Å². The molecule has 0 unspecified atom stereocenters. The standard InChI is InChI=1S/C12H19NS/c1-12(2,3)10-7-6-8-11(9-10)13(4)14-5/h6-9H,1-5H3. The van der Waals surface area contributed by atoms with Gasteiger partial charge in [0.05, 0.1) is 0 Å². The van der Waals surface area contributed by atoms with Gasteiger partial charge in [0.25, 0.3) is 0 Å². The number of hydrogen-bond donors (Lipinski definition) is 0. The average Bonchev–Trinajstić information content (AvgIpc) is 2.15. The smallest absolute Gasteiger partial charge is 0.0469 e. The molecule has 0 amide bonds. The second-order valence-electron chi connectivity index (χ2n) is 4.48. The van der Waals surface area contributed by atoms with Crippen LogP contribution in [0.5, 0.6) is 0 Å². The molecule has 0 bridgehead atoms. The van der Waals surface area contributed by atoms with E-state index < -0.39 is 0 Å². The van der Waals surface area contributed by atoms with E-state index in [9.17, 15) is 0 Å². The van der Waals surface area contributed by atoms with E-state index in [0.29, 0.717) is 0 Å². The molecule has 1 rings (SSSR count). The third kappa shape index (κ3) is 2.68. The summed E-state index contributed by atoms with van der Waals surface area (Å²) < 4.78 is 2.18. The normalized spacial score (nSPS) is 11.5. The Morgan fingerprint density at radius 2 is 1.86 bits per heavy atom. The predicted octanol–water partition coefficient (Wildman–Crippen LogP) is 3.70. The highest BCUT2D eigenvalue weighted by atomic mass is 32.2. The number of rotatable bonds is 2. The maximum absolute atomic E-state index is 2.26. The van der Waals surface area contributed by atoms with Crippen LogP contribution in [0.1, 0.15) is 26.3 Å². The highest BCUT2D eigenvalue weighted by Gasteiger charge is 2.14. The third-order valence-electron chi connectivity index (χ3n) is 2.35. The van der Waals surface area contributed by atoms with Crippen LogP contribution in [0.3, 0.4) is 0 Å². The van der Waals surface area contributed by atoms with Gasteiger partial charge in [0, 0.05) is 19.0 Å². The number of hydrogen-bond acceptors (Lipinski definition) is 2. The number of anilines is 1. The van der Waals surface area contributed by atoms with Gasteiger partial charge in [-0.3, -0.25) is 0 Å². The fourth-order valence-corrected chi connectivity index (χ4v) is 1.60. The maximum atomic E-state index is 2.26. The predicted molar refractivity (Wildman–Crippen MR) is 67.1 cm³/mol. The highest BCUT2D eigenvalue weighted by Crippen LogP contribution is 2.27. The Hall–Kier alpha value is -0.630. The molecule has 0 saturated carbocycles. The lowest BCUT2D eigenvalue weighted by atomic mass is 9.87. The van der Waals surface area contributed by atoms with Crippen molar-refractivity contribution in [3.8, 4) is 0 Å². The molecular weight excluding hydrogens is 190 g/mol. The van der Waals surface area contributed by atoms with Crippen LogP contribution in [0.2, 0.25) is 0 Å². The minimum Gasteiger partial charge on any atom is -0.320 e. The van der Waals surface area contributed by atoms with E-state index in [1.807, 2.05) is 0 Å². The van der Waals surface area contributed by atoms with Crippen molar-refractivity contribution >= 4 is 17.6 Å². The molecular formula is C12H19NS. The molecule has 0 fully saturated rings. The molecule has 0 atom stereocenters. The molecule has 0 aromatic heterocycles. The van der Waals surface area contributed by atoms with Gasteiger partial charge in [0.1, 0.15) is 0 Å². The monoisotopic (exact) mass is 209 g/mol. The molecule has 1 aromatic rings. The minimum absolute atomic E-state index is 0.231. The largest absolute Gasteiger partial charge is 0.320 e. The van der Waals surface area contributed by atoms with Gasteiger partial charge in [-0.25, -0.2) is 0 Å². The van der Waals surface area contributed by atoms with E-state index in [-0.39, 0.29) is 5.41 Å². The van der Waals surface area contributed by atoms with Gasteiger partial charge in [-0.2, -0.15) is 0 Å². The summed E-state index contributed by atoms with van der Waals surface area (Å²) in [6, 6.07) is 8.72. The first-order valence-electron chi connectivity index (χ1n) is 4.83. The van der Waals surface area contributed by atoms with Crippen molar-refractivity contribution in [2.24, 2.45) is 0 Å². The quantitative estimate of drug-likeness (QED) is 0.683. The molecule has 1 aromatic carbocycles. The van der Waals surface area contributed by atoms with Crippen molar-refractivity contribution in [1.29, 1.82) is 0 Å². The van der Waals surface area contributed by atoms with Crippen molar-refractivity contribution in [3.05, 3.63) is 29.8 Å². The molecule has 0 saturated heterocycles. The Labute approximate surface area is 91.6 Å². The summed E-state index contributed by atoms with van der Waals surface area (Å²) >= 11 is 1.73. The average molecular weight is 209 g/mol. The number of nitrogens with zero attached hydrogens (tertiary/aromatic N) is 1. The first kappa shape index (κ1) is 11.4. The number of benzene rings is 1. The van der Waals surface area contributed by atoms with Gasteiger partial charge in [-0.05, 0) is 23.1 Å². The minimum atomic E-state index is 0.231. The topological polar surface area (TPSA) is 3.24 Å². The van der Waals surface area contributed by atoms with E-state index in [0.717, 1.165) is 0 Å². The molecule has 14 heavy (non-hydrogen) atoms. The second kappa shape index (κ2) is 4.26. The van der Waals surface area contributed by atoms with E-state index in [2.05, 4.69) is 62.6 Å². The first-order chi connectivity index (χ1) is 6.45. The molecule has 0 N–H and O–H groups in total. The van der Waals surface area contributed by atoms with E-state index in [1.54, 1.807) is 11.9 Å². The third-order valence-corrected chi connectivity index (χ3v) is 3.11. The van der Waals surface area contributed by atoms with Gasteiger partial charge < -0.3 is 4.31 Å². The Bertz CT molecular complexity index is 301. The molecule has 0 radical (unpaired) electrons. The zero-order valence-electron chi connectivity index (χ0n) is 9.66. The fraction of sp³-hybridized carbons (Fsp3) is 0.500. The lowest BCUT2D eigenvalue weighted by molar-refractivity contribution is 0.590. The van der Waals surface area contributed by atoms with Crippen LogP contribution in [0.4, 0.5) is 5.69 Å². The van der Waals surface area contributed by atoms with Crippen LogP contribution in [0.15, 0.2) is 24.3 Å². The summed E-state index contributed by atoms with van der Waals surface area (Å²) in [5.74, 6) is 0. The Morgan fingerprint density at radius 1 is 1.21 bits per heavy atom. The highest BCUT2D eigenvalue weighted by molar-refractivity contribution is 7.99. The van der Waals surface area contributed by atoms with Gasteiger partial charge in [-0.15, -0.1) is 0 Å². The second-order valence-corrected chi connectivity index (χ2v) is 5.39. The van der Waals surface area contributed by atoms with Gasteiger partial charge in [0.2, 0.25) is 0 Å². The van der Waals surface area contributed by atoms with Crippen molar-refractivity contribution in [3.63, 3.8) is 0 Å². The summed E-state index contributed by atoms with van der Waals surface area (Å²) in [4.78, 5) is 0. The van der Waals surface area contributed by atoms with Crippen molar-refractivity contribution < 1.29 is 0 Å². The van der Waals surface area contributed by atoms with Crippen LogP contribution >= 0.6 is 11.9 Å². The SMILES string of the molecule is CSN(C)c1cccc(C(C)(C)C)c1. The summed E-state index contributed by atoms with van der Waals surface area (Å²) in [5.41, 5.74) is 2.88. The molecule has 78 valence electrons. The van der Waals surface area contributed by atoms with Crippen LogP contribution in [0.25, 0.3) is 0 Å². The Balaban J connectivity index is 3.01. The summed E-state index contributed by atoms with van der Waals surface area (Å²) in [5, 5.41) is 0. The van der Waals surface area contributed by atoms with Crippen LogP contribution in [0, 0.1) is 0 Å². The van der Waals surface area contributed by atoms with E-state index in [1.165, 1.54) is 11.3 Å². The van der Waals surface area contributed by atoms with Crippen molar-refractivity contribution in [2.75, 3.05) is 17.6 Å². The maximum Gasteiger partial charge on any atom is 0.0469 e. The lowest BCUT2D eigenvalue weighted by Crippen LogP contribution is -2.12. The van der Waals surface area contributed by atoms with Gasteiger partial charge >= 0.3 is 0 Å². The van der Waals surface area contributed by atoms with Gasteiger partial charge in [0.15, 0.2) is 0 Å². The summed E-state index contributed by atoms with van der Waals surface area (Å²) in [6.45, 7) is 6.72. The molecule has 0 aliphatic heterocycles. The molecule has 0 spiro atoms.